The van der Waals surface area contributed by atoms with Crippen molar-refractivity contribution in [3.8, 4) is 0 Å². The highest BCUT2D eigenvalue weighted by atomic mass is 16.5. The van der Waals surface area contributed by atoms with E-state index in [9.17, 15) is 14.8 Å². The average Bonchev–Trinajstić information content (AvgIpc) is 2.43. The van der Waals surface area contributed by atoms with Gasteiger partial charge in [0.25, 0.3) is 5.91 Å². The molecule has 21 heavy (non-hydrogen) atoms. The second-order valence-corrected chi connectivity index (χ2v) is 5.58. The molecule has 0 saturated heterocycles. The zero-order valence-corrected chi connectivity index (χ0v) is 12.9. The van der Waals surface area contributed by atoms with Crippen molar-refractivity contribution in [2.75, 3.05) is 6.54 Å². The Hall–Kier alpha value is -1.88. The van der Waals surface area contributed by atoms with Gasteiger partial charge in [-0.05, 0) is 24.3 Å². The molecule has 116 valence electrons. The Kier molecular flexibility index (Phi) is 6.88. The van der Waals surface area contributed by atoms with E-state index >= 15 is 0 Å². The predicted molar refractivity (Wildman–Crippen MR) is 80.7 cm³/mol. The maximum atomic E-state index is 12.2. The van der Waals surface area contributed by atoms with E-state index in [1.54, 1.807) is 0 Å². The van der Waals surface area contributed by atoms with E-state index < -0.39 is 11.9 Å². The molecule has 0 bridgehead atoms. The van der Waals surface area contributed by atoms with Crippen molar-refractivity contribution in [2.24, 2.45) is 5.92 Å². The monoisotopic (exact) mass is 292 g/mol. The fourth-order valence-electron chi connectivity index (χ4n) is 2.11. The molecule has 0 radical (unpaired) electrons. The van der Waals surface area contributed by atoms with Gasteiger partial charge in [0.2, 0.25) is 5.91 Å². The van der Waals surface area contributed by atoms with E-state index in [0.717, 1.165) is 5.56 Å². The van der Waals surface area contributed by atoms with Crippen LogP contribution in [0.15, 0.2) is 30.3 Å². The van der Waals surface area contributed by atoms with Crippen molar-refractivity contribution >= 4 is 11.8 Å². The maximum absolute atomic E-state index is 12.2. The molecule has 0 unspecified atom stereocenters. The van der Waals surface area contributed by atoms with Crippen molar-refractivity contribution in [2.45, 2.75) is 39.7 Å². The van der Waals surface area contributed by atoms with Gasteiger partial charge in [0, 0.05) is 6.92 Å². The smallest absolute Gasteiger partial charge is 0.268 e. The number of carbonyl (C=O) groups is 2. The first kappa shape index (κ1) is 17.2. The molecule has 0 aliphatic rings. The summed E-state index contributed by atoms with van der Waals surface area (Å²) in [6.07, 6.45) is 1.07. The minimum atomic E-state index is -0.678. The van der Waals surface area contributed by atoms with E-state index in [1.807, 2.05) is 44.2 Å². The molecule has 1 aromatic rings. The molecule has 2 amide bonds. The third kappa shape index (κ3) is 6.40. The Balaban J connectivity index is 2.58. The minimum Gasteiger partial charge on any atom is -0.344 e. The van der Waals surface area contributed by atoms with Crippen molar-refractivity contribution in [1.29, 1.82) is 0 Å². The lowest BCUT2D eigenvalue weighted by molar-refractivity contribution is -0.168. The Morgan fingerprint density at radius 3 is 2.38 bits per heavy atom. The molecule has 2 N–H and O–H groups in total. The van der Waals surface area contributed by atoms with Crippen molar-refractivity contribution < 1.29 is 14.8 Å². The van der Waals surface area contributed by atoms with Crippen LogP contribution in [0, 0.1) is 5.92 Å². The maximum Gasteiger partial charge on any atom is 0.268 e. The number of hydrogen-bond donors (Lipinski definition) is 2. The van der Waals surface area contributed by atoms with Gasteiger partial charge in [-0.3, -0.25) is 14.8 Å². The minimum absolute atomic E-state index is 0.205. The van der Waals surface area contributed by atoms with Crippen LogP contribution >= 0.6 is 0 Å². The Morgan fingerprint density at radius 2 is 1.86 bits per heavy atom. The molecule has 0 aliphatic carbocycles. The Labute approximate surface area is 125 Å². The molecular formula is C16H24N2O3. The normalized spacial score (nSPS) is 12.0. The highest BCUT2D eigenvalue weighted by Gasteiger charge is 2.24. The largest absolute Gasteiger partial charge is 0.344 e. The molecule has 0 heterocycles. The quantitative estimate of drug-likeness (QED) is 0.596. The first-order valence-corrected chi connectivity index (χ1v) is 7.21. The van der Waals surface area contributed by atoms with Crippen molar-refractivity contribution in [3.63, 3.8) is 0 Å². The lowest BCUT2D eigenvalue weighted by atomic mass is 10.0. The summed E-state index contributed by atoms with van der Waals surface area (Å²) in [5.74, 6) is -0.492. The van der Waals surface area contributed by atoms with E-state index in [-0.39, 0.29) is 18.4 Å². The van der Waals surface area contributed by atoms with Gasteiger partial charge in [0.1, 0.15) is 6.04 Å². The first-order valence-electron chi connectivity index (χ1n) is 7.21. The van der Waals surface area contributed by atoms with E-state index in [0.29, 0.717) is 17.9 Å². The zero-order valence-electron chi connectivity index (χ0n) is 12.9. The van der Waals surface area contributed by atoms with Crippen molar-refractivity contribution in [3.05, 3.63) is 35.9 Å². The molecule has 0 fully saturated rings. The van der Waals surface area contributed by atoms with Crippen LogP contribution in [0.3, 0.4) is 0 Å². The van der Waals surface area contributed by atoms with E-state index in [2.05, 4.69) is 5.32 Å². The highest BCUT2D eigenvalue weighted by Crippen LogP contribution is 2.08. The Bertz CT molecular complexity index is 460. The van der Waals surface area contributed by atoms with Crippen LogP contribution in [-0.4, -0.2) is 34.7 Å². The molecule has 0 spiro atoms. The standard InChI is InChI=1S/C16H24N2O3/c1-12(2)11-15(17-13(3)19)16(20)18(21)10-9-14-7-5-4-6-8-14/h4-8,12,15,21H,9-11H2,1-3H3,(H,17,19)/t15-/m0/s1. The van der Waals surface area contributed by atoms with Crippen LogP contribution in [-0.2, 0) is 16.0 Å². The fraction of sp³-hybridized carbons (Fsp3) is 0.500. The summed E-state index contributed by atoms with van der Waals surface area (Å²) in [4.78, 5) is 23.4. The summed E-state index contributed by atoms with van der Waals surface area (Å²) >= 11 is 0. The van der Waals surface area contributed by atoms with Crippen LogP contribution in [0.25, 0.3) is 0 Å². The van der Waals surface area contributed by atoms with Crippen LogP contribution < -0.4 is 5.32 Å². The average molecular weight is 292 g/mol. The molecule has 0 saturated carbocycles. The summed E-state index contributed by atoms with van der Waals surface area (Å²) in [7, 11) is 0. The fourth-order valence-corrected chi connectivity index (χ4v) is 2.11. The number of hydroxylamine groups is 2. The van der Waals surface area contributed by atoms with Gasteiger partial charge in [-0.25, -0.2) is 5.06 Å². The predicted octanol–water partition coefficient (Wildman–Crippen LogP) is 2.00. The third-order valence-corrected chi connectivity index (χ3v) is 3.09. The van der Waals surface area contributed by atoms with E-state index in [4.69, 9.17) is 0 Å². The van der Waals surface area contributed by atoms with Crippen molar-refractivity contribution in [1.82, 2.24) is 10.4 Å². The third-order valence-electron chi connectivity index (χ3n) is 3.09. The van der Waals surface area contributed by atoms with Gasteiger partial charge in [0.15, 0.2) is 0 Å². The lowest BCUT2D eigenvalue weighted by Crippen LogP contribution is -2.48. The summed E-state index contributed by atoms with van der Waals surface area (Å²) in [5, 5.41) is 13.2. The number of benzene rings is 1. The van der Waals surface area contributed by atoms with Gasteiger partial charge in [-0.15, -0.1) is 0 Å². The summed E-state index contributed by atoms with van der Waals surface area (Å²) in [6, 6.07) is 8.95. The molecule has 0 aliphatic heterocycles. The molecule has 5 nitrogen and oxygen atoms in total. The van der Waals surface area contributed by atoms with Crippen LogP contribution in [0.5, 0.6) is 0 Å². The second kappa shape index (κ2) is 8.42. The van der Waals surface area contributed by atoms with Crippen LogP contribution in [0.4, 0.5) is 0 Å². The van der Waals surface area contributed by atoms with E-state index in [1.165, 1.54) is 6.92 Å². The van der Waals surface area contributed by atoms with Gasteiger partial charge >= 0.3 is 0 Å². The molecule has 1 rings (SSSR count). The molecular weight excluding hydrogens is 268 g/mol. The Morgan fingerprint density at radius 1 is 1.24 bits per heavy atom. The number of rotatable bonds is 7. The van der Waals surface area contributed by atoms with Crippen LogP contribution in [0.1, 0.15) is 32.8 Å². The number of hydrogen-bond acceptors (Lipinski definition) is 3. The summed E-state index contributed by atoms with van der Waals surface area (Å²) in [6.45, 7) is 5.50. The van der Waals surface area contributed by atoms with Gasteiger partial charge in [0.05, 0.1) is 6.54 Å². The number of carbonyl (C=O) groups excluding carboxylic acids is 2. The summed E-state index contributed by atoms with van der Waals surface area (Å²) in [5.41, 5.74) is 1.05. The second-order valence-electron chi connectivity index (χ2n) is 5.58. The first-order chi connectivity index (χ1) is 9.90. The van der Waals surface area contributed by atoms with Crippen LogP contribution in [0.2, 0.25) is 0 Å². The van der Waals surface area contributed by atoms with Gasteiger partial charge < -0.3 is 5.32 Å². The number of nitrogens with zero attached hydrogens (tertiary/aromatic N) is 1. The molecule has 0 aromatic heterocycles. The molecule has 1 atom stereocenters. The van der Waals surface area contributed by atoms with Gasteiger partial charge in [-0.2, -0.15) is 0 Å². The number of nitrogens with one attached hydrogen (secondary N) is 1. The SMILES string of the molecule is CC(=O)N[C@@H](CC(C)C)C(=O)N(O)CCc1ccccc1. The topological polar surface area (TPSA) is 69.6 Å². The lowest BCUT2D eigenvalue weighted by Gasteiger charge is -2.23. The highest BCUT2D eigenvalue weighted by molar-refractivity contribution is 5.86. The van der Waals surface area contributed by atoms with Gasteiger partial charge in [-0.1, -0.05) is 44.2 Å². The molecule has 5 heteroatoms. The zero-order chi connectivity index (χ0) is 15.8. The summed E-state index contributed by atoms with van der Waals surface area (Å²) < 4.78 is 0. The number of amides is 2. The molecule has 1 aromatic carbocycles.